The third kappa shape index (κ3) is 6.06. The van der Waals surface area contributed by atoms with Gasteiger partial charge in [-0.2, -0.15) is 0 Å². The molecule has 9 rings (SSSR count). The van der Waals surface area contributed by atoms with E-state index < -0.39 is 0 Å². The maximum atomic E-state index is 6.65. The van der Waals surface area contributed by atoms with Crippen LogP contribution in [0.1, 0.15) is 29.9 Å². The van der Waals surface area contributed by atoms with Crippen molar-refractivity contribution in [2.75, 3.05) is 11.9 Å². The van der Waals surface area contributed by atoms with Crippen LogP contribution in [0, 0.1) is 0 Å². The zero-order valence-corrected chi connectivity index (χ0v) is 29.5. The highest BCUT2D eigenvalue weighted by atomic mass is 16.5. The Bertz CT molecular complexity index is 2620. The summed E-state index contributed by atoms with van der Waals surface area (Å²) >= 11 is 0. The van der Waals surface area contributed by atoms with Gasteiger partial charge in [-0.15, -0.1) is 0 Å². The van der Waals surface area contributed by atoms with Gasteiger partial charge in [0.2, 0.25) is 0 Å². The summed E-state index contributed by atoms with van der Waals surface area (Å²) in [6, 6.07) is 42.3. The monoisotopic (exact) mass is 687 g/mol. The van der Waals surface area contributed by atoms with Gasteiger partial charge >= 0.3 is 0 Å². The number of hydrogen-bond donors (Lipinski definition) is 0. The zero-order valence-electron chi connectivity index (χ0n) is 29.5. The molecule has 0 fully saturated rings. The van der Waals surface area contributed by atoms with Crippen molar-refractivity contribution in [3.8, 4) is 28.0 Å². The number of fused-ring (bicyclic) bond motifs is 4. The predicted molar refractivity (Wildman–Crippen MR) is 218 cm³/mol. The Morgan fingerprint density at radius 1 is 0.811 bits per heavy atom. The summed E-state index contributed by atoms with van der Waals surface area (Å²) in [7, 11) is 2.12. The molecule has 0 bridgehead atoms. The Kier molecular flexibility index (Phi) is 8.37. The van der Waals surface area contributed by atoms with E-state index in [0.29, 0.717) is 23.5 Å². The van der Waals surface area contributed by atoms with E-state index in [2.05, 4.69) is 134 Å². The molecule has 3 heterocycles. The number of benzene rings is 5. The first-order valence-corrected chi connectivity index (χ1v) is 18.0. The molecule has 0 atom stereocenters. The molecule has 0 amide bonds. The fourth-order valence-corrected chi connectivity index (χ4v) is 7.29. The van der Waals surface area contributed by atoms with Crippen molar-refractivity contribution in [3.63, 3.8) is 0 Å². The highest BCUT2D eigenvalue weighted by molar-refractivity contribution is 6.07. The average molecular weight is 688 g/mol. The minimum Gasteiger partial charge on any atom is -0.460 e. The number of ether oxygens (including phenoxy) is 1. The van der Waals surface area contributed by atoms with Gasteiger partial charge in [-0.05, 0) is 77.6 Å². The van der Waals surface area contributed by atoms with Crippen molar-refractivity contribution in [2.45, 2.75) is 19.3 Å². The van der Waals surface area contributed by atoms with E-state index in [1.165, 1.54) is 11.1 Å². The molecule has 53 heavy (non-hydrogen) atoms. The minimum atomic E-state index is 0.637. The fraction of sp³-hybridized carbons (Fsp3) is 0.0833. The van der Waals surface area contributed by atoms with Gasteiger partial charge in [0, 0.05) is 46.9 Å². The minimum absolute atomic E-state index is 0.637. The molecule has 5 heteroatoms. The van der Waals surface area contributed by atoms with Gasteiger partial charge in [-0.25, -0.2) is 9.97 Å². The zero-order chi connectivity index (χ0) is 35.7. The first-order chi connectivity index (χ1) is 26.1. The second kappa shape index (κ2) is 13.8. The van der Waals surface area contributed by atoms with Crippen LogP contribution in [0.2, 0.25) is 0 Å². The Balaban J connectivity index is 1.14. The SMILES string of the molecule is C=C/C=C\C(=C1/Cc2ccccc2O1)c1nc(C2=CC=CCC2)nc2c1oc1ccc(-c3ccc(N(C)c4ccccc4-c4ccccc4)cc3)cc12. The largest absolute Gasteiger partial charge is 0.460 e. The lowest BCUT2D eigenvalue weighted by atomic mass is 10.0. The molecule has 1 aliphatic heterocycles. The Morgan fingerprint density at radius 3 is 2.42 bits per heavy atom. The summed E-state index contributed by atoms with van der Waals surface area (Å²) in [5.74, 6) is 2.39. The number of rotatable bonds is 8. The van der Waals surface area contributed by atoms with Crippen LogP contribution >= 0.6 is 0 Å². The number of furan rings is 1. The van der Waals surface area contributed by atoms with Crippen LogP contribution in [0.4, 0.5) is 11.4 Å². The van der Waals surface area contributed by atoms with Crippen molar-refractivity contribution in [2.24, 2.45) is 0 Å². The third-order valence-corrected chi connectivity index (χ3v) is 10.1. The van der Waals surface area contributed by atoms with Gasteiger partial charge in [0.25, 0.3) is 0 Å². The Hall–Kier alpha value is -6.72. The van der Waals surface area contributed by atoms with E-state index >= 15 is 0 Å². The lowest BCUT2D eigenvalue weighted by molar-refractivity contribution is 0.449. The summed E-state index contributed by atoms with van der Waals surface area (Å²) in [6.45, 7) is 3.94. The quantitative estimate of drug-likeness (QED) is 0.149. The summed E-state index contributed by atoms with van der Waals surface area (Å²) in [5, 5.41) is 0.944. The molecule has 2 aromatic heterocycles. The molecule has 5 nitrogen and oxygen atoms in total. The highest BCUT2D eigenvalue weighted by Gasteiger charge is 2.26. The number of allylic oxidation sites excluding steroid dienone is 9. The summed E-state index contributed by atoms with van der Waals surface area (Å²) in [4.78, 5) is 12.6. The van der Waals surface area contributed by atoms with Crippen molar-refractivity contribution in [1.82, 2.24) is 9.97 Å². The van der Waals surface area contributed by atoms with Crippen LogP contribution in [0.5, 0.6) is 5.75 Å². The number of para-hydroxylation sites is 2. The second-order valence-electron chi connectivity index (χ2n) is 13.4. The lowest BCUT2D eigenvalue weighted by Crippen LogP contribution is -2.10. The topological polar surface area (TPSA) is 51.4 Å². The summed E-state index contributed by atoms with van der Waals surface area (Å²) in [6.07, 6.45) is 14.6. The number of hydrogen-bond acceptors (Lipinski definition) is 5. The Morgan fingerprint density at radius 2 is 1.60 bits per heavy atom. The molecule has 0 unspecified atom stereocenters. The molecule has 0 saturated carbocycles. The molecule has 7 aromatic rings. The summed E-state index contributed by atoms with van der Waals surface area (Å²) < 4.78 is 13.1. The van der Waals surface area contributed by atoms with Crippen LogP contribution in [-0.2, 0) is 6.42 Å². The molecule has 2 aliphatic rings. The van der Waals surface area contributed by atoms with E-state index in [1.807, 2.05) is 36.4 Å². The van der Waals surface area contributed by atoms with E-state index in [0.717, 1.165) is 80.0 Å². The average Bonchev–Trinajstić information content (AvgIpc) is 3.83. The molecule has 0 radical (unpaired) electrons. The normalized spacial score (nSPS) is 14.7. The molecule has 0 saturated heterocycles. The van der Waals surface area contributed by atoms with Gasteiger partial charge in [0.05, 0.1) is 0 Å². The molecule has 1 aliphatic carbocycles. The van der Waals surface area contributed by atoms with Crippen molar-refractivity contribution in [1.29, 1.82) is 0 Å². The van der Waals surface area contributed by atoms with Crippen molar-refractivity contribution in [3.05, 3.63) is 187 Å². The maximum Gasteiger partial charge on any atom is 0.180 e. The second-order valence-corrected chi connectivity index (χ2v) is 13.4. The van der Waals surface area contributed by atoms with Gasteiger partial charge in [-0.1, -0.05) is 122 Å². The summed E-state index contributed by atoms with van der Waals surface area (Å²) in [5.41, 5.74) is 12.8. The fourth-order valence-electron chi connectivity index (χ4n) is 7.29. The van der Waals surface area contributed by atoms with Crippen LogP contribution in [0.3, 0.4) is 0 Å². The van der Waals surface area contributed by atoms with Crippen LogP contribution in [-0.4, -0.2) is 17.0 Å². The Labute approximate surface area is 309 Å². The number of aromatic nitrogens is 2. The molecule has 5 aromatic carbocycles. The van der Waals surface area contributed by atoms with E-state index in [-0.39, 0.29) is 0 Å². The smallest absolute Gasteiger partial charge is 0.180 e. The molecule has 0 spiro atoms. The molecule has 256 valence electrons. The first kappa shape index (κ1) is 32.2. The first-order valence-electron chi connectivity index (χ1n) is 18.0. The lowest BCUT2D eigenvalue weighted by Gasteiger charge is -2.23. The standard InChI is InChI=1S/C48H37N3O2/c1-3-4-20-39(44-31-36-19-11-14-23-42(36)52-44)45-47-46(50-48(49-45)34-17-9-6-10-18-34)40-30-35(26-29-43(40)53-47)32-24-27-37(28-25-32)51(2)41-22-13-12-21-38(41)33-15-7-5-8-16-33/h3-9,11-17,19-30H,1,10,18,31H2,2H3/b20-4-,44-39-. The van der Waals surface area contributed by atoms with Crippen LogP contribution in [0.15, 0.2) is 175 Å². The van der Waals surface area contributed by atoms with Crippen LogP contribution < -0.4 is 9.64 Å². The van der Waals surface area contributed by atoms with Gasteiger partial charge in [-0.3, -0.25) is 0 Å². The molecular formula is C48H37N3O2. The van der Waals surface area contributed by atoms with Gasteiger partial charge in [0.15, 0.2) is 11.4 Å². The van der Waals surface area contributed by atoms with Crippen LogP contribution in [0.25, 0.3) is 55.5 Å². The van der Waals surface area contributed by atoms with E-state index in [9.17, 15) is 0 Å². The highest BCUT2D eigenvalue weighted by Crippen LogP contribution is 2.41. The van der Waals surface area contributed by atoms with Crippen molar-refractivity contribution < 1.29 is 9.15 Å². The maximum absolute atomic E-state index is 6.65. The number of anilines is 2. The van der Waals surface area contributed by atoms with E-state index in [4.69, 9.17) is 19.1 Å². The van der Waals surface area contributed by atoms with E-state index in [1.54, 1.807) is 6.08 Å². The predicted octanol–water partition coefficient (Wildman–Crippen LogP) is 12.3. The third-order valence-electron chi connectivity index (χ3n) is 10.1. The van der Waals surface area contributed by atoms with Crippen molar-refractivity contribution >= 4 is 44.6 Å². The van der Waals surface area contributed by atoms with Gasteiger partial charge in [0.1, 0.15) is 28.3 Å². The molecular weight excluding hydrogens is 651 g/mol. The molecule has 0 N–H and O–H groups in total. The van der Waals surface area contributed by atoms with Gasteiger partial charge < -0.3 is 14.1 Å². The number of nitrogens with zero attached hydrogens (tertiary/aromatic N) is 3.